The fourth-order valence-corrected chi connectivity index (χ4v) is 2.35. The van der Waals surface area contributed by atoms with Gasteiger partial charge >= 0.3 is 5.97 Å². The molecule has 20 heavy (non-hydrogen) atoms. The van der Waals surface area contributed by atoms with Crippen LogP contribution in [0.3, 0.4) is 0 Å². The van der Waals surface area contributed by atoms with Gasteiger partial charge in [-0.3, -0.25) is 0 Å². The van der Waals surface area contributed by atoms with E-state index < -0.39 is 5.97 Å². The summed E-state index contributed by atoms with van der Waals surface area (Å²) >= 11 is 0. The highest BCUT2D eigenvalue weighted by molar-refractivity contribution is 5.99. The summed E-state index contributed by atoms with van der Waals surface area (Å²) in [6.07, 6.45) is 4.50. The van der Waals surface area contributed by atoms with Gasteiger partial charge in [-0.15, -0.1) is 0 Å². The third kappa shape index (κ3) is 2.89. The summed E-state index contributed by atoms with van der Waals surface area (Å²) < 4.78 is 6.58. The second kappa shape index (κ2) is 6.15. The van der Waals surface area contributed by atoms with E-state index in [9.17, 15) is 4.79 Å². The maximum absolute atomic E-state index is 11.9. The van der Waals surface area contributed by atoms with Gasteiger partial charge in [0.2, 0.25) is 0 Å². The highest BCUT2D eigenvalue weighted by Crippen LogP contribution is 2.41. The molecule has 0 aromatic carbocycles. The lowest BCUT2D eigenvalue weighted by molar-refractivity contribution is 0.0603. The largest absolute Gasteiger partial charge is 0.465 e. The average Bonchev–Trinajstić information content (AvgIpc) is 3.23. The van der Waals surface area contributed by atoms with Gasteiger partial charge in [-0.25, -0.2) is 9.48 Å². The van der Waals surface area contributed by atoms with Crippen molar-refractivity contribution in [2.24, 2.45) is 5.92 Å². The third-order valence-corrected chi connectivity index (χ3v) is 3.85. The fourth-order valence-electron chi connectivity index (χ4n) is 2.35. The molecule has 1 aromatic rings. The van der Waals surface area contributed by atoms with Gasteiger partial charge in [-0.2, -0.15) is 5.10 Å². The predicted octanol–water partition coefficient (Wildman–Crippen LogP) is 2.43. The van der Waals surface area contributed by atoms with Crippen LogP contribution in [0.5, 0.6) is 0 Å². The van der Waals surface area contributed by atoms with Crippen LogP contribution in [0, 0.1) is 5.92 Å². The van der Waals surface area contributed by atoms with Gasteiger partial charge in [0, 0.05) is 6.54 Å². The van der Waals surface area contributed by atoms with Crippen LogP contribution in [-0.4, -0.2) is 29.4 Å². The number of hydrogen-bond acceptors (Lipinski definition) is 5. The van der Waals surface area contributed by atoms with Gasteiger partial charge in [-0.1, -0.05) is 13.3 Å². The summed E-state index contributed by atoms with van der Waals surface area (Å²) in [5.74, 6) is 1.12. The van der Waals surface area contributed by atoms with Crippen LogP contribution in [0.4, 0.5) is 11.6 Å². The van der Waals surface area contributed by atoms with Crippen molar-refractivity contribution < 1.29 is 9.53 Å². The van der Waals surface area contributed by atoms with Crippen LogP contribution in [0.25, 0.3) is 0 Å². The number of carbonyl (C=O) groups excluding carboxylic acids is 1. The second-order valence-electron chi connectivity index (χ2n) is 5.40. The minimum Gasteiger partial charge on any atom is -0.465 e. The van der Waals surface area contributed by atoms with Crippen molar-refractivity contribution in [2.75, 3.05) is 24.7 Å². The number of rotatable bonds is 7. The fraction of sp³-hybridized carbons (Fsp3) is 0.714. The van der Waals surface area contributed by atoms with Crippen LogP contribution in [-0.2, 0) is 4.74 Å². The predicted molar refractivity (Wildman–Crippen MR) is 78.8 cm³/mol. The van der Waals surface area contributed by atoms with Crippen LogP contribution >= 0.6 is 0 Å². The van der Waals surface area contributed by atoms with Crippen LogP contribution in [0.2, 0.25) is 0 Å². The molecule has 1 unspecified atom stereocenters. The number of aromatic nitrogens is 2. The molecule has 2 rings (SSSR count). The molecule has 0 bridgehead atoms. The van der Waals surface area contributed by atoms with Crippen molar-refractivity contribution in [3.05, 3.63) is 5.56 Å². The smallest absolute Gasteiger partial charge is 0.345 e. The lowest BCUT2D eigenvalue weighted by atomic mass is 10.2. The molecule has 1 atom stereocenters. The number of nitrogens with zero attached hydrogens (tertiary/aromatic N) is 2. The molecule has 0 spiro atoms. The number of nitrogens with one attached hydrogen (secondary N) is 1. The summed E-state index contributed by atoms with van der Waals surface area (Å²) in [5, 5.41) is 7.68. The molecule has 6 nitrogen and oxygen atoms in total. The standard InChI is InChI=1S/C14H24N4O2/c1-4-5-8-16-13-11(14(19)20-3)12(15)18(17-13)9(2)10-6-7-10/h9-10H,4-8,15H2,1-3H3,(H,16,17). The first kappa shape index (κ1) is 14.7. The molecule has 3 N–H and O–H groups in total. The van der Waals surface area contributed by atoms with Crippen molar-refractivity contribution in [1.29, 1.82) is 0 Å². The van der Waals surface area contributed by atoms with E-state index in [4.69, 9.17) is 10.5 Å². The van der Waals surface area contributed by atoms with Crippen molar-refractivity contribution in [1.82, 2.24) is 9.78 Å². The van der Waals surface area contributed by atoms with Gasteiger partial charge in [0.05, 0.1) is 13.2 Å². The number of hydrogen-bond donors (Lipinski definition) is 2. The topological polar surface area (TPSA) is 82.2 Å². The Morgan fingerprint density at radius 3 is 2.85 bits per heavy atom. The Bertz CT molecular complexity index is 480. The molecule has 0 amide bonds. The van der Waals surface area contributed by atoms with E-state index in [0.29, 0.717) is 23.1 Å². The molecular weight excluding hydrogens is 256 g/mol. The molecule has 1 aliphatic rings. The number of nitrogen functional groups attached to an aromatic ring is 1. The molecule has 1 saturated carbocycles. The average molecular weight is 280 g/mol. The zero-order valence-electron chi connectivity index (χ0n) is 12.5. The van der Waals surface area contributed by atoms with E-state index in [1.807, 2.05) is 0 Å². The first-order valence-electron chi connectivity index (χ1n) is 7.30. The Labute approximate surface area is 119 Å². The molecule has 1 aliphatic carbocycles. The monoisotopic (exact) mass is 280 g/mol. The number of unbranched alkanes of at least 4 members (excludes halogenated alkanes) is 1. The Hall–Kier alpha value is -1.72. The Balaban J connectivity index is 2.27. The van der Waals surface area contributed by atoms with Gasteiger partial charge in [0.1, 0.15) is 11.4 Å². The lowest BCUT2D eigenvalue weighted by Gasteiger charge is -2.12. The SMILES string of the molecule is CCCCNc1nn(C(C)C2CC2)c(N)c1C(=O)OC. The highest BCUT2D eigenvalue weighted by Gasteiger charge is 2.33. The summed E-state index contributed by atoms with van der Waals surface area (Å²) in [7, 11) is 1.36. The summed E-state index contributed by atoms with van der Waals surface area (Å²) in [6, 6.07) is 0.222. The quantitative estimate of drug-likeness (QED) is 0.592. The van der Waals surface area contributed by atoms with Gasteiger partial charge in [-0.05, 0) is 32.1 Å². The molecule has 6 heteroatoms. The molecule has 1 fully saturated rings. The first-order chi connectivity index (χ1) is 9.60. The van der Waals surface area contributed by atoms with Crippen molar-refractivity contribution in [3.8, 4) is 0 Å². The summed E-state index contributed by atoms with van der Waals surface area (Å²) in [6.45, 7) is 4.98. The van der Waals surface area contributed by atoms with Gasteiger partial charge < -0.3 is 15.8 Å². The van der Waals surface area contributed by atoms with Crippen molar-refractivity contribution in [3.63, 3.8) is 0 Å². The second-order valence-corrected chi connectivity index (χ2v) is 5.40. The minimum atomic E-state index is -0.434. The van der Waals surface area contributed by atoms with Crippen molar-refractivity contribution in [2.45, 2.75) is 45.6 Å². The van der Waals surface area contributed by atoms with E-state index in [1.165, 1.54) is 20.0 Å². The molecule has 1 aromatic heterocycles. The zero-order valence-corrected chi connectivity index (χ0v) is 12.5. The van der Waals surface area contributed by atoms with E-state index >= 15 is 0 Å². The Kier molecular flexibility index (Phi) is 4.52. The molecule has 112 valence electrons. The molecule has 1 heterocycles. The Morgan fingerprint density at radius 1 is 1.60 bits per heavy atom. The molecule has 0 saturated heterocycles. The number of anilines is 2. The molecule has 0 aliphatic heterocycles. The summed E-state index contributed by atoms with van der Waals surface area (Å²) in [4.78, 5) is 11.9. The van der Waals surface area contributed by atoms with Gasteiger partial charge in [0.25, 0.3) is 0 Å². The lowest BCUT2D eigenvalue weighted by Crippen LogP contribution is -2.13. The Morgan fingerprint density at radius 2 is 2.30 bits per heavy atom. The number of nitrogens with two attached hydrogens (primary N) is 1. The van der Waals surface area contributed by atoms with Crippen LogP contribution in [0.1, 0.15) is 55.9 Å². The van der Waals surface area contributed by atoms with Crippen molar-refractivity contribution >= 4 is 17.6 Å². The summed E-state index contributed by atoms with van der Waals surface area (Å²) in [5.41, 5.74) is 6.47. The molecule has 0 radical (unpaired) electrons. The van der Waals surface area contributed by atoms with E-state index in [0.717, 1.165) is 19.4 Å². The number of esters is 1. The number of carbonyl (C=O) groups is 1. The zero-order chi connectivity index (χ0) is 14.7. The normalized spacial score (nSPS) is 15.9. The number of methoxy groups -OCH3 is 1. The van der Waals surface area contributed by atoms with Crippen LogP contribution in [0.15, 0.2) is 0 Å². The minimum absolute atomic E-state index is 0.222. The molecular formula is C14H24N4O2. The number of ether oxygens (including phenoxy) is 1. The highest BCUT2D eigenvalue weighted by atomic mass is 16.5. The first-order valence-corrected chi connectivity index (χ1v) is 7.30. The van der Waals surface area contributed by atoms with Gasteiger partial charge in [0.15, 0.2) is 5.82 Å². The van der Waals surface area contributed by atoms with Crippen LogP contribution < -0.4 is 11.1 Å². The van der Waals surface area contributed by atoms with E-state index in [1.54, 1.807) is 4.68 Å². The third-order valence-electron chi connectivity index (χ3n) is 3.85. The maximum atomic E-state index is 11.9. The van der Waals surface area contributed by atoms with E-state index in [-0.39, 0.29) is 6.04 Å². The van der Waals surface area contributed by atoms with E-state index in [2.05, 4.69) is 24.3 Å². The maximum Gasteiger partial charge on any atom is 0.345 e.